The highest BCUT2D eigenvalue weighted by Crippen LogP contribution is 2.20. The smallest absolute Gasteiger partial charge is 0.234 e. The number of nitrogens with one attached hydrogen (secondary N) is 3. The minimum Gasteiger partial charge on any atom is -0.356 e. The van der Waals surface area contributed by atoms with Gasteiger partial charge in [0, 0.05) is 56.6 Å². The van der Waals surface area contributed by atoms with E-state index in [9.17, 15) is 4.79 Å². The van der Waals surface area contributed by atoms with E-state index in [1.807, 2.05) is 18.6 Å². The Hall–Kier alpha value is -1.32. The molecule has 2 rings (SSSR count). The zero-order chi connectivity index (χ0) is 19.3. The van der Waals surface area contributed by atoms with Crippen LogP contribution in [0, 0.1) is 0 Å². The quantitative estimate of drug-likeness (QED) is 0.235. The van der Waals surface area contributed by atoms with E-state index in [1.165, 1.54) is 0 Å². The number of carbonyl (C=O) groups is 1. The summed E-state index contributed by atoms with van der Waals surface area (Å²) in [5, 5.41) is 11.9. The number of likely N-dealkylation sites (tertiary alicyclic amines) is 1. The molecular weight excluding hydrogens is 380 g/mol. The lowest BCUT2D eigenvalue weighted by molar-refractivity contribution is -0.122. The van der Waals surface area contributed by atoms with Crippen LogP contribution < -0.4 is 16.0 Å². The van der Waals surface area contributed by atoms with Gasteiger partial charge in [-0.05, 0) is 25.7 Å². The van der Waals surface area contributed by atoms with Crippen molar-refractivity contribution in [2.75, 3.05) is 45.5 Å². The molecule has 9 heteroatoms. The Kier molecular flexibility index (Phi) is 10.5. The molecule has 0 radical (unpaired) electrons. The van der Waals surface area contributed by atoms with Gasteiger partial charge in [0.2, 0.25) is 5.91 Å². The maximum atomic E-state index is 11.8. The van der Waals surface area contributed by atoms with Crippen LogP contribution in [-0.4, -0.2) is 73.3 Å². The third kappa shape index (κ3) is 8.94. The lowest BCUT2D eigenvalue weighted by Crippen LogP contribution is -2.50. The summed E-state index contributed by atoms with van der Waals surface area (Å²) in [4.78, 5) is 22.7. The van der Waals surface area contributed by atoms with Gasteiger partial charge in [0.1, 0.15) is 4.34 Å². The van der Waals surface area contributed by atoms with Gasteiger partial charge < -0.3 is 16.0 Å². The number of aliphatic imine (C=N–C) groups is 1. The number of carbonyl (C=O) groups excluding carboxylic acids is 1. The fourth-order valence-corrected chi connectivity index (χ4v) is 4.51. The number of thioether (sulfide) groups is 1. The van der Waals surface area contributed by atoms with Crippen LogP contribution in [0.2, 0.25) is 0 Å². The normalized spacial score (nSPS) is 16.3. The molecule has 1 aliphatic heterocycles. The molecule has 0 bridgehead atoms. The van der Waals surface area contributed by atoms with Crippen molar-refractivity contribution < 1.29 is 4.79 Å². The maximum Gasteiger partial charge on any atom is 0.234 e. The zero-order valence-electron chi connectivity index (χ0n) is 16.4. The van der Waals surface area contributed by atoms with E-state index in [4.69, 9.17) is 0 Å². The first-order valence-corrected chi connectivity index (χ1v) is 11.6. The van der Waals surface area contributed by atoms with E-state index in [2.05, 4.69) is 37.8 Å². The van der Waals surface area contributed by atoms with Gasteiger partial charge >= 0.3 is 0 Å². The summed E-state index contributed by atoms with van der Waals surface area (Å²) in [7, 11) is 1.81. The lowest BCUT2D eigenvalue weighted by atomic mass is 10.1. The van der Waals surface area contributed by atoms with Crippen LogP contribution >= 0.6 is 23.1 Å². The third-order valence-electron chi connectivity index (χ3n) is 4.34. The van der Waals surface area contributed by atoms with E-state index >= 15 is 0 Å². The molecule has 0 spiro atoms. The first-order chi connectivity index (χ1) is 13.2. The summed E-state index contributed by atoms with van der Waals surface area (Å²) in [5.41, 5.74) is 0. The van der Waals surface area contributed by atoms with Crippen LogP contribution in [0.4, 0.5) is 0 Å². The van der Waals surface area contributed by atoms with Gasteiger partial charge in [-0.2, -0.15) is 0 Å². The van der Waals surface area contributed by atoms with Crippen LogP contribution in [0.1, 0.15) is 32.6 Å². The Bertz CT molecular complexity index is 558. The Morgan fingerprint density at radius 2 is 2.19 bits per heavy atom. The molecule has 1 aromatic rings. The van der Waals surface area contributed by atoms with Gasteiger partial charge in [-0.3, -0.25) is 14.7 Å². The average molecular weight is 413 g/mol. The van der Waals surface area contributed by atoms with Gasteiger partial charge in [0.05, 0.1) is 6.54 Å². The molecule has 0 saturated carbocycles. The minimum absolute atomic E-state index is 0.136. The van der Waals surface area contributed by atoms with E-state index < -0.39 is 0 Å². The van der Waals surface area contributed by atoms with E-state index in [0.717, 1.165) is 67.9 Å². The summed E-state index contributed by atoms with van der Waals surface area (Å²) in [5.74, 6) is 2.06. The highest BCUT2D eigenvalue weighted by molar-refractivity contribution is 8.00. The van der Waals surface area contributed by atoms with Crippen LogP contribution in [0.15, 0.2) is 20.9 Å². The fraction of sp³-hybridized carbons (Fsp3) is 0.722. The van der Waals surface area contributed by atoms with Gasteiger partial charge in [0.15, 0.2) is 5.96 Å². The average Bonchev–Trinajstić information content (AvgIpc) is 3.20. The Morgan fingerprint density at radius 3 is 2.85 bits per heavy atom. The summed E-state index contributed by atoms with van der Waals surface area (Å²) in [6, 6.07) is 0.413. The number of amides is 1. The van der Waals surface area contributed by atoms with Gasteiger partial charge in [-0.15, -0.1) is 11.3 Å². The van der Waals surface area contributed by atoms with Crippen molar-refractivity contribution in [3.63, 3.8) is 0 Å². The van der Waals surface area contributed by atoms with Crippen LogP contribution in [0.25, 0.3) is 0 Å². The number of hydrogen-bond acceptors (Lipinski definition) is 6. The van der Waals surface area contributed by atoms with Crippen molar-refractivity contribution in [2.24, 2.45) is 4.99 Å². The number of rotatable bonds is 10. The SMILES string of the molecule is CCCNC(=O)CN1CCC(NC(=NC)NCCCSc2nccs2)CC1. The number of aromatic nitrogens is 1. The van der Waals surface area contributed by atoms with Gasteiger partial charge in [-0.25, -0.2) is 4.98 Å². The second-order valence-electron chi connectivity index (χ2n) is 6.54. The maximum absolute atomic E-state index is 11.8. The molecule has 0 unspecified atom stereocenters. The molecule has 1 saturated heterocycles. The molecule has 152 valence electrons. The van der Waals surface area contributed by atoms with Crippen molar-refractivity contribution in [2.45, 2.75) is 43.0 Å². The van der Waals surface area contributed by atoms with Crippen LogP contribution in [-0.2, 0) is 4.79 Å². The Balaban J connectivity index is 1.56. The van der Waals surface area contributed by atoms with Crippen molar-refractivity contribution in [3.05, 3.63) is 11.6 Å². The van der Waals surface area contributed by atoms with Crippen LogP contribution in [0.3, 0.4) is 0 Å². The van der Waals surface area contributed by atoms with Crippen molar-refractivity contribution in [3.8, 4) is 0 Å². The molecule has 1 fully saturated rings. The number of hydrogen-bond donors (Lipinski definition) is 3. The number of thiazole rings is 1. The summed E-state index contributed by atoms with van der Waals surface area (Å²) in [6.45, 7) is 6.13. The molecule has 1 aromatic heterocycles. The standard InChI is InChI=1S/C18H32N6OS2/c1-3-7-20-16(25)14-24-10-5-15(6-11-24)23-17(19-2)21-8-4-12-26-18-22-9-13-27-18/h9,13,15H,3-8,10-12,14H2,1-2H3,(H,20,25)(H2,19,21,23). The number of nitrogens with zero attached hydrogens (tertiary/aromatic N) is 3. The molecule has 27 heavy (non-hydrogen) atoms. The summed E-state index contributed by atoms with van der Waals surface area (Å²) < 4.78 is 1.13. The molecule has 3 N–H and O–H groups in total. The van der Waals surface area contributed by atoms with E-state index in [0.29, 0.717) is 12.6 Å². The number of piperidine rings is 1. The minimum atomic E-state index is 0.136. The van der Waals surface area contributed by atoms with Gasteiger partial charge in [0.25, 0.3) is 0 Å². The molecule has 1 amide bonds. The molecular formula is C18H32N6OS2. The predicted octanol–water partition coefficient (Wildman–Crippen LogP) is 1.78. The first-order valence-electron chi connectivity index (χ1n) is 9.69. The van der Waals surface area contributed by atoms with E-state index in [-0.39, 0.29) is 5.91 Å². The topological polar surface area (TPSA) is 81.7 Å². The molecule has 2 heterocycles. The summed E-state index contributed by atoms with van der Waals surface area (Å²) >= 11 is 3.49. The van der Waals surface area contributed by atoms with Crippen molar-refractivity contribution >= 4 is 35.0 Å². The molecule has 0 aromatic carbocycles. The molecule has 0 atom stereocenters. The largest absolute Gasteiger partial charge is 0.356 e. The molecule has 7 nitrogen and oxygen atoms in total. The number of guanidine groups is 1. The second kappa shape index (κ2) is 13.0. The van der Waals surface area contributed by atoms with E-state index in [1.54, 1.807) is 23.1 Å². The third-order valence-corrected chi connectivity index (χ3v) is 6.39. The predicted molar refractivity (Wildman–Crippen MR) is 115 cm³/mol. The first kappa shape index (κ1) is 22.0. The Labute approximate surface area is 170 Å². The van der Waals surface area contributed by atoms with Crippen LogP contribution in [0.5, 0.6) is 0 Å². The molecule has 0 aliphatic carbocycles. The van der Waals surface area contributed by atoms with Crippen molar-refractivity contribution in [1.29, 1.82) is 0 Å². The monoisotopic (exact) mass is 412 g/mol. The summed E-state index contributed by atoms with van der Waals surface area (Å²) in [6.07, 6.45) is 5.95. The highest BCUT2D eigenvalue weighted by Gasteiger charge is 2.21. The molecule has 1 aliphatic rings. The van der Waals surface area contributed by atoms with Gasteiger partial charge in [-0.1, -0.05) is 18.7 Å². The highest BCUT2D eigenvalue weighted by atomic mass is 32.2. The Morgan fingerprint density at radius 1 is 1.37 bits per heavy atom. The lowest BCUT2D eigenvalue weighted by Gasteiger charge is -2.32. The van der Waals surface area contributed by atoms with Crippen molar-refractivity contribution in [1.82, 2.24) is 25.8 Å². The zero-order valence-corrected chi connectivity index (χ0v) is 18.0. The fourth-order valence-electron chi connectivity index (χ4n) is 2.87. The second-order valence-corrected chi connectivity index (χ2v) is 8.78.